The van der Waals surface area contributed by atoms with Crippen LogP contribution in [0.3, 0.4) is 0 Å². The number of carbonyl (C=O) groups is 2. The Balaban J connectivity index is 1.06. The van der Waals surface area contributed by atoms with Crippen LogP contribution >= 0.6 is 34.9 Å². The summed E-state index contributed by atoms with van der Waals surface area (Å²) in [6.07, 6.45) is 0. The molecule has 0 bridgehead atoms. The molecule has 6 aromatic rings. The average molecular weight is 671 g/mol. The first-order valence-electron chi connectivity index (χ1n) is 14.1. The first kappa shape index (κ1) is 31.3. The summed E-state index contributed by atoms with van der Waals surface area (Å²) in [7, 11) is 0. The van der Waals surface area contributed by atoms with Crippen LogP contribution < -0.4 is 15.4 Å². The van der Waals surface area contributed by atoms with E-state index in [1.54, 1.807) is 6.07 Å². The second-order valence-corrected chi connectivity index (χ2v) is 13.2. The van der Waals surface area contributed by atoms with E-state index in [4.69, 9.17) is 4.74 Å². The molecule has 2 heterocycles. The minimum Gasteiger partial charge on any atom is -0.485 e. The number of thiazole rings is 1. The molecule has 6 rings (SSSR count). The van der Waals surface area contributed by atoms with Gasteiger partial charge in [0, 0.05) is 17.1 Å². The van der Waals surface area contributed by atoms with Gasteiger partial charge in [0.2, 0.25) is 11.8 Å². The van der Waals surface area contributed by atoms with E-state index in [1.165, 1.54) is 59.1 Å². The predicted octanol–water partition coefficient (Wildman–Crippen LogP) is 7.37. The summed E-state index contributed by atoms with van der Waals surface area (Å²) in [4.78, 5) is 29.9. The molecule has 13 heteroatoms. The number of aromatic nitrogens is 4. The first-order chi connectivity index (χ1) is 22.4. The number of thioether (sulfide) groups is 2. The predicted molar refractivity (Wildman–Crippen MR) is 182 cm³/mol. The van der Waals surface area contributed by atoms with Gasteiger partial charge in [0.25, 0.3) is 0 Å². The molecule has 0 fully saturated rings. The van der Waals surface area contributed by atoms with Crippen LogP contribution in [-0.2, 0) is 16.2 Å². The Bertz CT molecular complexity index is 1980. The summed E-state index contributed by atoms with van der Waals surface area (Å²) >= 11 is 4.04. The molecule has 0 atom stereocenters. The summed E-state index contributed by atoms with van der Waals surface area (Å²) < 4.78 is 22.7. The lowest BCUT2D eigenvalue weighted by molar-refractivity contribution is -0.114. The largest absolute Gasteiger partial charge is 0.485 e. The van der Waals surface area contributed by atoms with Gasteiger partial charge in [-0.15, -0.1) is 21.5 Å². The summed E-state index contributed by atoms with van der Waals surface area (Å²) in [6.45, 7) is 2.20. The van der Waals surface area contributed by atoms with Gasteiger partial charge in [0.05, 0.1) is 21.7 Å². The van der Waals surface area contributed by atoms with E-state index in [-0.39, 0.29) is 35.7 Å². The van der Waals surface area contributed by atoms with Crippen LogP contribution in [0.4, 0.5) is 15.8 Å². The van der Waals surface area contributed by atoms with Gasteiger partial charge in [0.1, 0.15) is 18.2 Å². The quantitative estimate of drug-likeness (QED) is 0.130. The Hall–Kier alpha value is -4.72. The van der Waals surface area contributed by atoms with Gasteiger partial charge in [-0.05, 0) is 73.2 Å². The number of amides is 2. The number of rotatable bonds is 12. The molecule has 0 spiro atoms. The van der Waals surface area contributed by atoms with E-state index in [2.05, 4.69) is 25.8 Å². The number of aryl methyl sites for hydroxylation is 1. The highest BCUT2D eigenvalue weighted by molar-refractivity contribution is 8.01. The van der Waals surface area contributed by atoms with Gasteiger partial charge in [0.15, 0.2) is 15.3 Å². The monoisotopic (exact) mass is 670 g/mol. The second kappa shape index (κ2) is 14.6. The Kier molecular flexibility index (Phi) is 9.91. The molecule has 9 nitrogen and oxygen atoms in total. The summed E-state index contributed by atoms with van der Waals surface area (Å²) in [5.41, 5.74) is 3.84. The number of fused-ring (bicyclic) bond motifs is 1. The zero-order valence-corrected chi connectivity index (χ0v) is 26.9. The van der Waals surface area contributed by atoms with Crippen LogP contribution in [-0.4, -0.2) is 43.1 Å². The molecular formula is C33H27FN6O3S3. The minimum absolute atomic E-state index is 0.120. The third kappa shape index (κ3) is 7.91. The molecule has 4 aromatic carbocycles. The lowest BCUT2D eigenvalue weighted by Gasteiger charge is -2.12. The Morgan fingerprint density at radius 2 is 1.54 bits per heavy atom. The molecule has 232 valence electrons. The standard InChI is InChI=1S/C33H27FN6O3S3/c1-21-7-5-6-10-27(21)43-18-29-38-39-32(40(29)25-8-3-2-4-9-25)44-19-30(41)36-24-15-16-26-28(17-24)46-33(37-26)45-20-31(42)35-23-13-11-22(34)12-14-23/h2-17H,18-20H2,1H3,(H,35,42)(H,36,41). The molecule has 2 N–H and O–H groups in total. The fourth-order valence-electron chi connectivity index (χ4n) is 4.41. The van der Waals surface area contributed by atoms with Crippen molar-refractivity contribution in [2.45, 2.75) is 23.0 Å². The summed E-state index contributed by atoms with van der Waals surface area (Å²) in [5, 5.41) is 15.0. The van der Waals surface area contributed by atoms with Crippen molar-refractivity contribution < 1.29 is 18.7 Å². The Morgan fingerprint density at radius 3 is 2.33 bits per heavy atom. The molecule has 2 amide bonds. The van der Waals surface area contributed by atoms with Crippen LogP contribution in [0.15, 0.2) is 107 Å². The Labute approximate surface area is 276 Å². The summed E-state index contributed by atoms with van der Waals surface area (Å²) in [5.74, 6) is 0.902. The first-order valence-corrected chi connectivity index (χ1v) is 16.9. The lowest BCUT2D eigenvalue weighted by Crippen LogP contribution is -2.14. The number of ether oxygens (including phenoxy) is 1. The van der Waals surface area contributed by atoms with Crippen LogP contribution in [0.5, 0.6) is 5.75 Å². The topological polar surface area (TPSA) is 111 Å². The van der Waals surface area contributed by atoms with Gasteiger partial charge in [-0.3, -0.25) is 14.2 Å². The van der Waals surface area contributed by atoms with Gasteiger partial charge in [-0.2, -0.15) is 0 Å². The molecule has 2 aromatic heterocycles. The highest BCUT2D eigenvalue weighted by Crippen LogP contribution is 2.32. The van der Waals surface area contributed by atoms with E-state index < -0.39 is 0 Å². The molecule has 0 aliphatic carbocycles. The smallest absolute Gasteiger partial charge is 0.234 e. The minimum atomic E-state index is -0.363. The number of hydrogen-bond donors (Lipinski definition) is 2. The van der Waals surface area contributed by atoms with Crippen molar-refractivity contribution in [1.29, 1.82) is 0 Å². The van der Waals surface area contributed by atoms with Gasteiger partial charge in [-0.25, -0.2) is 9.37 Å². The number of carbonyl (C=O) groups excluding carboxylic acids is 2. The number of hydrogen-bond acceptors (Lipinski definition) is 9. The second-order valence-electron chi connectivity index (χ2n) is 9.97. The Morgan fingerprint density at radius 1 is 0.848 bits per heavy atom. The van der Waals surface area contributed by atoms with Gasteiger partial charge >= 0.3 is 0 Å². The highest BCUT2D eigenvalue weighted by Gasteiger charge is 2.17. The van der Waals surface area contributed by atoms with Crippen molar-refractivity contribution in [3.63, 3.8) is 0 Å². The molecule has 0 saturated carbocycles. The number of nitrogens with zero attached hydrogens (tertiary/aromatic N) is 4. The number of nitrogens with one attached hydrogen (secondary N) is 2. The fourth-order valence-corrected chi connectivity index (χ4v) is 7.09. The van der Waals surface area contributed by atoms with Crippen molar-refractivity contribution in [2.24, 2.45) is 0 Å². The van der Waals surface area contributed by atoms with Crippen LogP contribution in [0, 0.1) is 12.7 Å². The van der Waals surface area contributed by atoms with Crippen molar-refractivity contribution in [3.05, 3.63) is 114 Å². The van der Waals surface area contributed by atoms with E-state index >= 15 is 0 Å². The van der Waals surface area contributed by atoms with Gasteiger partial charge in [-0.1, -0.05) is 59.9 Å². The van der Waals surface area contributed by atoms with Crippen LogP contribution in [0.1, 0.15) is 11.4 Å². The summed E-state index contributed by atoms with van der Waals surface area (Å²) in [6, 6.07) is 28.6. The molecular weight excluding hydrogens is 644 g/mol. The zero-order chi connectivity index (χ0) is 31.9. The third-order valence-electron chi connectivity index (χ3n) is 6.60. The number of benzene rings is 4. The molecule has 46 heavy (non-hydrogen) atoms. The van der Waals surface area contributed by atoms with Crippen LogP contribution in [0.25, 0.3) is 15.9 Å². The molecule has 0 aliphatic heterocycles. The highest BCUT2D eigenvalue weighted by atomic mass is 32.2. The van der Waals surface area contributed by atoms with Crippen molar-refractivity contribution >= 4 is 68.3 Å². The maximum absolute atomic E-state index is 13.1. The van der Waals surface area contributed by atoms with E-state index in [9.17, 15) is 14.0 Å². The molecule has 0 aliphatic rings. The number of halogens is 1. The zero-order valence-electron chi connectivity index (χ0n) is 24.5. The van der Waals surface area contributed by atoms with Crippen molar-refractivity contribution in [3.8, 4) is 11.4 Å². The average Bonchev–Trinajstić information content (AvgIpc) is 3.67. The lowest BCUT2D eigenvalue weighted by atomic mass is 10.2. The van der Waals surface area contributed by atoms with E-state index in [0.29, 0.717) is 22.4 Å². The molecule has 0 radical (unpaired) electrons. The fraction of sp³-hybridized carbons (Fsp3) is 0.121. The maximum Gasteiger partial charge on any atom is 0.234 e. The van der Waals surface area contributed by atoms with Crippen LogP contribution in [0.2, 0.25) is 0 Å². The number of para-hydroxylation sites is 2. The van der Waals surface area contributed by atoms with Gasteiger partial charge < -0.3 is 15.4 Å². The van der Waals surface area contributed by atoms with Crippen molar-refractivity contribution in [2.75, 3.05) is 22.1 Å². The molecule has 0 saturated heterocycles. The number of anilines is 2. The molecule has 0 unspecified atom stereocenters. The SMILES string of the molecule is Cc1ccccc1OCc1nnc(SCC(=O)Nc2ccc3nc(SCC(=O)Nc4ccc(F)cc4)sc3c2)n1-c1ccccc1. The van der Waals surface area contributed by atoms with E-state index in [0.717, 1.165) is 31.6 Å². The maximum atomic E-state index is 13.1. The van der Waals surface area contributed by atoms with E-state index in [1.807, 2.05) is 78.2 Å². The normalized spacial score (nSPS) is 11.0. The van der Waals surface area contributed by atoms with Crippen molar-refractivity contribution in [1.82, 2.24) is 19.7 Å². The third-order valence-corrected chi connectivity index (χ3v) is 9.69.